The standard InChI is InChI=1S/C27H44O3S2/c1-23(2,3)27(11,22(28)30-25(7,8)17-18-29-24(4,5)6)19-26(9,10)32-21(31)20-15-13-12-14-16-20/h12-16H,17-19H2,1-11H3. The Kier molecular flexibility index (Phi) is 9.62. The summed E-state index contributed by atoms with van der Waals surface area (Å²) in [6, 6.07) is 10.0. The van der Waals surface area contributed by atoms with Gasteiger partial charge in [0.2, 0.25) is 0 Å². The highest BCUT2D eigenvalue weighted by atomic mass is 32.2. The molecule has 3 nitrogen and oxygen atoms in total. The number of hydrogen-bond acceptors (Lipinski definition) is 5. The molecular weight excluding hydrogens is 436 g/mol. The molecule has 5 heteroatoms. The Labute approximate surface area is 206 Å². The van der Waals surface area contributed by atoms with E-state index in [4.69, 9.17) is 21.7 Å². The predicted molar refractivity (Wildman–Crippen MR) is 142 cm³/mol. The Morgan fingerprint density at radius 1 is 0.906 bits per heavy atom. The van der Waals surface area contributed by atoms with Crippen molar-refractivity contribution in [1.82, 2.24) is 0 Å². The van der Waals surface area contributed by atoms with Crippen molar-refractivity contribution in [3.63, 3.8) is 0 Å². The SMILES string of the molecule is CC(C)(C)OCCC(C)(C)OC(=O)C(C)(CC(C)(C)SC(=S)c1ccccc1)C(C)(C)C. The summed E-state index contributed by atoms with van der Waals surface area (Å²) >= 11 is 7.37. The summed E-state index contributed by atoms with van der Waals surface area (Å²) < 4.78 is 12.6. The van der Waals surface area contributed by atoms with Crippen LogP contribution >= 0.6 is 24.0 Å². The van der Waals surface area contributed by atoms with Gasteiger partial charge < -0.3 is 9.47 Å². The zero-order valence-corrected chi connectivity index (χ0v) is 23.7. The third-order valence-corrected chi connectivity index (χ3v) is 7.48. The summed E-state index contributed by atoms with van der Waals surface area (Å²) in [5.41, 5.74) is -0.739. The van der Waals surface area contributed by atoms with Gasteiger partial charge in [-0.25, -0.2) is 0 Å². The van der Waals surface area contributed by atoms with Crippen LogP contribution in [0.2, 0.25) is 0 Å². The minimum Gasteiger partial charge on any atom is -0.459 e. The number of thiocarbonyl (C=S) groups is 1. The topological polar surface area (TPSA) is 35.5 Å². The molecule has 0 amide bonds. The second kappa shape index (κ2) is 10.6. The van der Waals surface area contributed by atoms with E-state index in [-0.39, 0.29) is 21.7 Å². The van der Waals surface area contributed by atoms with E-state index in [2.05, 4.69) is 34.6 Å². The Morgan fingerprint density at radius 3 is 1.91 bits per heavy atom. The number of benzene rings is 1. The van der Waals surface area contributed by atoms with E-state index >= 15 is 0 Å². The monoisotopic (exact) mass is 480 g/mol. The molecule has 0 saturated carbocycles. The van der Waals surface area contributed by atoms with Crippen LogP contribution in [0.15, 0.2) is 30.3 Å². The van der Waals surface area contributed by atoms with Crippen LogP contribution in [0.25, 0.3) is 0 Å². The molecule has 0 radical (unpaired) electrons. The van der Waals surface area contributed by atoms with Gasteiger partial charge in [-0.1, -0.05) is 77.2 Å². The van der Waals surface area contributed by atoms with E-state index < -0.39 is 11.0 Å². The van der Waals surface area contributed by atoms with Crippen LogP contribution in [0.5, 0.6) is 0 Å². The molecule has 0 fully saturated rings. The second-order valence-electron chi connectivity index (χ2n) is 12.1. The molecule has 0 spiro atoms. The minimum absolute atomic E-state index is 0.162. The molecule has 0 aliphatic heterocycles. The van der Waals surface area contributed by atoms with Gasteiger partial charge in [0.25, 0.3) is 0 Å². The summed E-state index contributed by atoms with van der Waals surface area (Å²) in [4.78, 5) is 13.6. The number of thioether (sulfide) groups is 1. The van der Waals surface area contributed by atoms with Crippen LogP contribution < -0.4 is 0 Å². The molecule has 182 valence electrons. The van der Waals surface area contributed by atoms with Gasteiger partial charge in [0.15, 0.2) is 0 Å². The first-order chi connectivity index (χ1) is 14.3. The lowest BCUT2D eigenvalue weighted by atomic mass is 9.64. The van der Waals surface area contributed by atoms with Gasteiger partial charge in [0, 0.05) is 11.2 Å². The lowest BCUT2D eigenvalue weighted by molar-refractivity contribution is -0.178. The molecule has 1 unspecified atom stereocenters. The number of hydrogen-bond donors (Lipinski definition) is 0. The van der Waals surface area contributed by atoms with Gasteiger partial charge in [0.1, 0.15) is 5.60 Å². The van der Waals surface area contributed by atoms with Crippen molar-refractivity contribution in [3.8, 4) is 0 Å². The molecule has 0 N–H and O–H groups in total. The molecule has 0 aliphatic carbocycles. The summed E-state index contributed by atoms with van der Waals surface area (Å²) in [5.74, 6) is -0.162. The third-order valence-electron chi connectivity index (χ3n) is 5.87. The molecule has 1 atom stereocenters. The van der Waals surface area contributed by atoms with Crippen LogP contribution in [0.4, 0.5) is 0 Å². The van der Waals surface area contributed by atoms with Gasteiger partial charge in [0.05, 0.1) is 21.8 Å². The summed E-state index contributed by atoms with van der Waals surface area (Å²) in [6.45, 7) is 23.2. The van der Waals surface area contributed by atoms with Crippen molar-refractivity contribution in [3.05, 3.63) is 35.9 Å². The van der Waals surface area contributed by atoms with Crippen molar-refractivity contribution >= 4 is 34.1 Å². The van der Waals surface area contributed by atoms with Crippen molar-refractivity contribution in [2.75, 3.05) is 6.61 Å². The van der Waals surface area contributed by atoms with Crippen molar-refractivity contribution < 1.29 is 14.3 Å². The molecule has 1 rings (SSSR count). The highest BCUT2D eigenvalue weighted by Crippen LogP contribution is 2.49. The van der Waals surface area contributed by atoms with Gasteiger partial charge in [-0.2, -0.15) is 0 Å². The lowest BCUT2D eigenvalue weighted by Crippen LogP contribution is -2.48. The molecule has 0 saturated heterocycles. The predicted octanol–water partition coefficient (Wildman–Crippen LogP) is 7.84. The van der Waals surface area contributed by atoms with E-state index in [0.29, 0.717) is 19.4 Å². The minimum atomic E-state index is -0.683. The van der Waals surface area contributed by atoms with Gasteiger partial charge >= 0.3 is 5.97 Å². The molecule has 1 aromatic rings. The van der Waals surface area contributed by atoms with Gasteiger partial charge in [-0.3, -0.25) is 4.79 Å². The average molecular weight is 481 g/mol. The number of esters is 1. The molecule has 0 aromatic heterocycles. The van der Waals surface area contributed by atoms with Crippen LogP contribution in [-0.2, 0) is 14.3 Å². The molecule has 1 aromatic carbocycles. The number of carbonyl (C=O) groups is 1. The van der Waals surface area contributed by atoms with Crippen LogP contribution in [0.3, 0.4) is 0 Å². The fourth-order valence-electron chi connectivity index (χ4n) is 3.43. The molecular formula is C27H44O3S2. The molecule has 0 heterocycles. The van der Waals surface area contributed by atoms with Crippen molar-refractivity contribution in [2.24, 2.45) is 10.8 Å². The number of ether oxygens (including phenoxy) is 2. The Balaban J connectivity index is 2.99. The number of carbonyl (C=O) groups excluding carboxylic acids is 1. The van der Waals surface area contributed by atoms with E-state index in [9.17, 15) is 4.79 Å². The Hall–Kier alpha value is -0.910. The summed E-state index contributed by atoms with van der Waals surface area (Å²) in [5, 5.41) is 0. The summed E-state index contributed by atoms with van der Waals surface area (Å²) in [7, 11) is 0. The highest BCUT2D eigenvalue weighted by Gasteiger charge is 2.50. The van der Waals surface area contributed by atoms with Crippen LogP contribution in [0, 0.1) is 10.8 Å². The van der Waals surface area contributed by atoms with Gasteiger partial charge in [-0.05, 0) is 58.9 Å². The average Bonchev–Trinajstić information content (AvgIpc) is 2.58. The fraction of sp³-hybridized carbons (Fsp3) is 0.704. The van der Waals surface area contributed by atoms with Crippen LogP contribution in [-0.4, -0.2) is 32.7 Å². The zero-order valence-electron chi connectivity index (χ0n) is 22.0. The highest BCUT2D eigenvalue weighted by molar-refractivity contribution is 8.24. The van der Waals surface area contributed by atoms with E-state index in [1.165, 1.54) is 0 Å². The Morgan fingerprint density at radius 2 is 1.44 bits per heavy atom. The first kappa shape index (κ1) is 29.1. The fourth-order valence-corrected chi connectivity index (χ4v) is 5.36. The molecule has 0 bridgehead atoms. The molecule has 32 heavy (non-hydrogen) atoms. The summed E-state index contributed by atoms with van der Waals surface area (Å²) in [6.07, 6.45) is 1.29. The normalized spacial score (nSPS) is 15.2. The number of rotatable bonds is 9. The second-order valence-corrected chi connectivity index (χ2v) is 14.5. The van der Waals surface area contributed by atoms with E-state index in [0.717, 1.165) is 9.76 Å². The zero-order chi connectivity index (χ0) is 25.0. The van der Waals surface area contributed by atoms with E-state index in [1.54, 1.807) is 11.8 Å². The molecule has 0 aliphatic rings. The largest absolute Gasteiger partial charge is 0.459 e. The van der Waals surface area contributed by atoms with Crippen molar-refractivity contribution in [2.45, 2.75) is 105 Å². The van der Waals surface area contributed by atoms with Crippen LogP contribution in [0.1, 0.15) is 94.6 Å². The maximum Gasteiger partial charge on any atom is 0.312 e. The maximum absolute atomic E-state index is 13.6. The van der Waals surface area contributed by atoms with Gasteiger partial charge in [-0.15, -0.1) is 11.8 Å². The Bertz CT molecular complexity index is 770. The third kappa shape index (κ3) is 9.15. The van der Waals surface area contributed by atoms with E-state index in [1.807, 2.05) is 71.9 Å². The maximum atomic E-state index is 13.6. The smallest absolute Gasteiger partial charge is 0.312 e. The quantitative estimate of drug-likeness (QED) is 0.266. The van der Waals surface area contributed by atoms with Crippen molar-refractivity contribution in [1.29, 1.82) is 0 Å². The first-order valence-corrected chi connectivity index (χ1v) is 12.7. The lowest BCUT2D eigenvalue weighted by Gasteiger charge is -2.45. The first-order valence-electron chi connectivity index (χ1n) is 11.4.